The molecule has 0 aliphatic rings. The van der Waals surface area contributed by atoms with Crippen molar-refractivity contribution in [1.82, 2.24) is 0 Å². The largest absolute Gasteiger partial charge is 0.204 e. The molecule has 0 saturated carbocycles. The summed E-state index contributed by atoms with van der Waals surface area (Å²) in [6, 6.07) is 9.60. The molecule has 3 heteroatoms. The Kier molecular flexibility index (Phi) is 4.48. The van der Waals surface area contributed by atoms with Gasteiger partial charge in [0, 0.05) is 0 Å². The first kappa shape index (κ1) is 14.6. The molecule has 0 fully saturated rings. The maximum Gasteiger partial charge on any atom is 0.194 e. The van der Waals surface area contributed by atoms with Gasteiger partial charge in [-0.25, -0.2) is 13.2 Å². The van der Waals surface area contributed by atoms with Crippen LogP contribution in [-0.2, 0) is 0 Å². The lowest BCUT2D eigenvalue weighted by atomic mass is 9.92. The zero-order valence-corrected chi connectivity index (χ0v) is 11.6. The van der Waals surface area contributed by atoms with E-state index in [0.29, 0.717) is 17.0 Å². The van der Waals surface area contributed by atoms with Crippen molar-refractivity contribution in [3.63, 3.8) is 0 Å². The minimum atomic E-state index is -1.43. The fourth-order valence-corrected chi connectivity index (χ4v) is 2.43. The molecule has 0 aliphatic carbocycles. The number of halogens is 3. The topological polar surface area (TPSA) is 0 Å². The third-order valence-electron chi connectivity index (χ3n) is 3.68. The van der Waals surface area contributed by atoms with Crippen LogP contribution in [-0.4, -0.2) is 0 Å². The highest BCUT2D eigenvalue weighted by Crippen LogP contribution is 2.28. The minimum absolute atomic E-state index is 0.345. The average molecular weight is 278 g/mol. The van der Waals surface area contributed by atoms with Gasteiger partial charge in [0.05, 0.1) is 0 Å². The molecular weight excluding hydrogens is 261 g/mol. The van der Waals surface area contributed by atoms with Gasteiger partial charge < -0.3 is 0 Å². The van der Waals surface area contributed by atoms with Gasteiger partial charge in [0.25, 0.3) is 0 Å². The summed E-state index contributed by atoms with van der Waals surface area (Å²) in [4.78, 5) is 0. The molecule has 0 aromatic heterocycles. The van der Waals surface area contributed by atoms with Gasteiger partial charge in [-0.3, -0.25) is 0 Å². The Bertz CT molecular complexity index is 561. The van der Waals surface area contributed by atoms with Crippen LogP contribution < -0.4 is 0 Å². The first-order valence-corrected chi connectivity index (χ1v) is 6.81. The van der Waals surface area contributed by atoms with Gasteiger partial charge >= 0.3 is 0 Å². The van der Waals surface area contributed by atoms with Crippen LogP contribution in [0.1, 0.15) is 38.2 Å². The van der Waals surface area contributed by atoms with Gasteiger partial charge in [-0.2, -0.15) is 0 Å². The number of benzene rings is 2. The van der Waals surface area contributed by atoms with Crippen molar-refractivity contribution in [2.24, 2.45) is 0 Å². The van der Waals surface area contributed by atoms with E-state index in [0.717, 1.165) is 25.0 Å². The van der Waals surface area contributed by atoms with E-state index < -0.39 is 17.5 Å². The van der Waals surface area contributed by atoms with Gasteiger partial charge in [-0.05, 0) is 47.6 Å². The zero-order chi connectivity index (χ0) is 14.7. The summed E-state index contributed by atoms with van der Waals surface area (Å²) in [5.41, 5.74) is 2.23. The summed E-state index contributed by atoms with van der Waals surface area (Å²) in [5.74, 6) is -3.26. The average Bonchev–Trinajstić information content (AvgIpc) is 2.46. The van der Waals surface area contributed by atoms with Crippen molar-refractivity contribution in [3.8, 4) is 11.1 Å². The van der Waals surface area contributed by atoms with E-state index in [1.807, 2.05) is 24.3 Å². The summed E-state index contributed by atoms with van der Waals surface area (Å²) >= 11 is 0. The summed E-state index contributed by atoms with van der Waals surface area (Å²) < 4.78 is 39.4. The molecule has 0 atom stereocenters. The highest BCUT2D eigenvalue weighted by Gasteiger charge is 2.12. The molecule has 0 spiro atoms. The lowest BCUT2D eigenvalue weighted by Crippen LogP contribution is -1.95. The highest BCUT2D eigenvalue weighted by atomic mass is 19.2. The molecule has 0 amide bonds. The van der Waals surface area contributed by atoms with Crippen molar-refractivity contribution in [2.75, 3.05) is 0 Å². The SMILES string of the molecule is CCC(CC)c1ccc(-c2cc(F)c(F)c(F)c2)cc1. The highest BCUT2D eigenvalue weighted by molar-refractivity contribution is 5.64. The Labute approximate surface area is 117 Å². The van der Waals surface area contributed by atoms with Crippen LogP contribution in [0.4, 0.5) is 13.2 Å². The van der Waals surface area contributed by atoms with Crippen LogP contribution in [0, 0.1) is 17.5 Å². The molecule has 0 nitrogen and oxygen atoms in total. The third kappa shape index (κ3) is 2.87. The number of hydrogen-bond donors (Lipinski definition) is 0. The Morgan fingerprint density at radius 1 is 0.800 bits per heavy atom. The maximum absolute atomic E-state index is 13.2. The Morgan fingerprint density at radius 3 is 1.75 bits per heavy atom. The van der Waals surface area contributed by atoms with E-state index in [-0.39, 0.29) is 0 Å². The number of hydrogen-bond acceptors (Lipinski definition) is 0. The molecule has 0 unspecified atom stereocenters. The van der Waals surface area contributed by atoms with Crippen LogP contribution in [0.3, 0.4) is 0 Å². The van der Waals surface area contributed by atoms with Crippen molar-refractivity contribution in [1.29, 1.82) is 0 Å². The Hall–Kier alpha value is -1.77. The van der Waals surface area contributed by atoms with Crippen molar-refractivity contribution in [3.05, 3.63) is 59.4 Å². The summed E-state index contributed by atoms with van der Waals surface area (Å²) in [6.07, 6.45) is 2.10. The molecule has 20 heavy (non-hydrogen) atoms. The second kappa shape index (κ2) is 6.12. The standard InChI is InChI=1S/C17H17F3/c1-3-11(4-2)12-5-7-13(8-6-12)14-9-15(18)17(20)16(19)10-14/h5-11H,3-4H2,1-2H3. The van der Waals surface area contributed by atoms with E-state index in [1.165, 1.54) is 5.56 Å². The van der Waals surface area contributed by atoms with Crippen LogP contribution in [0.25, 0.3) is 11.1 Å². The van der Waals surface area contributed by atoms with E-state index in [9.17, 15) is 13.2 Å². The molecule has 106 valence electrons. The fourth-order valence-electron chi connectivity index (χ4n) is 2.43. The van der Waals surface area contributed by atoms with Crippen molar-refractivity contribution >= 4 is 0 Å². The second-order valence-electron chi connectivity index (χ2n) is 4.89. The normalized spacial score (nSPS) is 11.1. The first-order chi connectivity index (χ1) is 9.56. The molecule has 0 bridgehead atoms. The molecule has 2 aromatic carbocycles. The lowest BCUT2D eigenvalue weighted by molar-refractivity contribution is 0.448. The second-order valence-corrected chi connectivity index (χ2v) is 4.89. The first-order valence-electron chi connectivity index (χ1n) is 6.81. The Balaban J connectivity index is 2.35. The minimum Gasteiger partial charge on any atom is -0.204 e. The van der Waals surface area contributed by atoms with Gasteiger partial charge in [0.15, 0.2) is 17.5 Å². The predicted molar refractivity (Wildman–Crippen MR) is 75.1 cm³/mol. The van der Waals surface area contributed by atoms with Gasteiger partial charge in [-0.1, -0.05) is 38.1 Å². The third-order valence-corrected chi connectivity index (χ3v) is 3.68. The molecular formula is C17H17F3. The molecule has 0 heterocycles. The lowest BCUT2D eigenvalue weighted by Gasteiger charge is -2.13. The van der Waals surface area contributed by atoms with Crippen LogP contribution >= 0.6 is 0 Å². The van der Waals surface area contributed by atoms with Crippen molar-refractivity contribution in [2.45, 2.75) is 32.6 Å². The van der Waals surface area contributed by atoms with E-state index in [4.69, 9.17) is 0 Å². The quantitative estimate of drug-likeness (QED) is 0.632. The summed E-state index contributed by atoms with van der Waals surface area (Å²) in [6.45, 7) is 4.26. The zero-order valence-electron chi connectivity index (χ0n) is 11.6. The van der Waals surface area contributed by atoms with Crippen molar-refractivity contribution < 1.29 is 13.2 Å². The molecule has 0 saturated heterocycles. The summed E-state index contributed by atoms with van der Waals surface area (Å²) in [7, 11) is 0. The monoisotopic (exact) mass is 278 g/mol. The molecule has 0 N–H and O–H groups in total. The predicted octanol–water partition coefficient (Wildman–Crippen LogP) is 5.67. The maximum atomic E-state index is 13.2. The smallest absolute Gasteiger partial charge is 0.194 e. The van der Waals surface area contributed by atoms with Crippen LogP contribution in [0.2, 0.25) is 0 Å². The van der Waals surface area contributed by atoms with E-state index in [1.54, 1.807) is 0 Å². The van der Waals surface area contributed by atoms with Gasteiger partial charge in [0.1, 0.15) is 0 Å². The fraction of sp³-hybridized carbons (Fsp3) is 0.294. The van der Waals surface area contributed by atoms with Crippen LogP contribution in [0.5, 0.6) is 0 Å². The van der Waals surface area contributed by atoms with Crippen LogP contribution in [0.15, 0.2) is 36.4 Å². The molecule has 2 rings (SSSR count). The Morgan fingerprint density at radius 2 is 1.30 bits per heavy atom. The van der Waals surface area contributed by atoms with E-state index >= 15 is 0 Å². The molecule has 2 aromatic rings. The molecule has 0 radical (unpaired) electrons. The van der Waals surface area contributed by atoms with E-state index in [2.05, 4.69) is 13.8 Å². The summed E-state index contributed by atoms with van der Waals surface area (Å²) in [5, 5.41) is 0. The van der Waals surface area contributed by atoms with Gasteiger partial charge in [0.2, 0.25) is 0 Å². The van der Waals surface area contributed by atoms with Gasteiger partial charge in [-0.15, -0.1) is 0 Å². The molecule has 0 aliphatic heterocycles. The number of rotatable bonds is 4.